The summed E-state index contributed by atoms with van der Waals surface area (Å²) in [5.74, 6) is -0.139. The molecule has 3 aromatic rings. The van der Waals surface area contributed by atoms with Crippen molar-refractivity contribution in [1.82, 2.24) is 0 Å². The van der Waals surface area contributed by atoms with Crippen LogP contribution >= 0.6 is 0 Å². The van der Waals surface area contributed by atoms with Crippen molar-refractivity contribution in [3.05, 3.63) is 99.6 Å². The lowest BCUT2D eigenvalue weighted by Crippen LogP contribution is -2.27. The number of carbonyl (C=O) groups excluding carboxylic acids is 2. The van der Waals surface area contributed by atoms with Crippen molar-refractivity contribution >= 4 is 11.9 Å². The van der Waals surface area contributed by atoms with Crippen LogP contribution in [0.15, 0.2) is 60.7 Å². The number of carbonyl (C=O) groups is 2. The average Bonchev–Trinajstić information content (AvgIpc) is 2.89. The minimum absolute atomic E-state index is 0.156. The molecule has 0 spiro atoms. The van der Waals surface area contributed by atoms with Gasteiger partial charge in [0.05, 0.1) is 11.1 Å². The highest BCUT2D eigenvalue weighted by molar-refractivity contribution is 5.94. The lowest BCUT2D eigenvalue weighted by Gasteiger charge is -2.26. The van der Waals surface area contributed by atoms with Gasteiger partial charge in [-0.2, -0.15) is 0 Å². The first kappa shape index (κ1) is 29.2. The molecule has 0 N–H and O–H groups in total. The molecule has 38 heavy (non-hydrogen) atoms. The second-order valence-corrected chi connectivity index (χ2v) is 11.5. The molecule has 0 amide bonds. The molecule has 4 nitrogen and oxygen atoms in total. The summed E-state index contributed by atoms with van der Waals surface area (Å²) in [5.41, 5.74) is 6.43. The van der Waals surface area contributed by atoms with Gasteiger partial charge in [0.15, 0.2) is 0 Å². The van der Waals surface area contributed by atoms with E-state index in [1.807, 2.05) is 39.8 Å². The molecule has 0 aromatic heterocycles. The second kappa shape index (κ2) is 11.6. The van der Waals surface area contributed by atoms with Gasteiger partial charge >= 0.3 is 11.9 Å². The van der Waals surface area contributed by atoms with Crippen LogP contribution in [0, 0.1) is 13.8 Å². The molecule has 3 aromatic carbocycles. The predicted molar refractivity (Wildman–Crippen MR) is 154 cm³/mol. The molecule has 4 heteroatoms. The molecule has 0 radical (unpaired) electrons. The smallest absolute Gasteiger partial charge is 0.343 e. The van der Waals surface area contributed by atoms with Gasteiger partial charge in [0, 0.05) is 5.92 Å². The predicted octanol–water partition coefficient (Wildman–Crippen LogP) is 8.71. The molecular formula is C34H42O4. The SMILES string of the molecule is CCC(C)(C)OC(=O)c1ccc(C(=O)Oc2ccc(C(C)c3ccc(C(C)(C)CC)c(C)c3)cc2C)cc1. The Balaban J connectivity index is 1.71. The van der Waals surface area contributed by atoms with Crippen LogP contribution in [0.2, 0.25) is 0 Å². The van der Waals surface area contributed by atoms with Gasteiger partial charge < -0.3 is 9.47 Å². The highest BCUT2D eigenvalue weighted by atomic mass is 16.6. The highest BCUT2D eigenvalue weighted by Crippen LogP contribution is 2.34. The molecule has 1 unspecified atom stereocenters. The standard InChI is InChI=1S/C34H42O4/c1-10-33(6,7)29-18-16-27(20-22(29)3)24(5)28-17-19-30(23(4)21-28)37-31(35)25-12-14-26(15-13-25)32(36)38-34(8,9)11-2/h12-21,24H,10-11H2,1-9H3. The molecule has 202 valence electrons. The molecule has 0 aliphatic heterocycles. The summed E-state index contributed by atoms with van der Waals surface area (Å²) in [6.07, 6.45) is 1.80. The third-order valence-electron chi connectivity index (χ3n) is 7.84. The van der Waals surface area contributed by atoms with E-state index in [4.69, 9.17) is 9.47 Å². The number of esters is 2. The van der Waals surface area contributed by atoms with Gasteiger partial charge in [0.25, 0.3) is 0 Å². The van der Waals surface area contributed by atoms with E-state index in [1.54, 1.807) is 24.3 Å². The molecule has 0 aliphatic rings. The molecule has 0 aliphatic carbocycles. The summed E-state index contributed by atoms with van der Waals surface area (Å²) >= 11 is 0. The summed E-state index contributed by atoms with van der Waals surface area (Å²) in [4.78, 5) is 25.2. The van der Waals surface area contributed by atoms with Crippen LogP contribution in [-0.2, 0) is 10.2 Å². The lowest BCUT2D eigenvalue weighted by atomic mass is 9.78. The van der Waals surface area contributed by atoms with Crippen LogP contribution in [0.1, 0.15) is 116 Å². The Morgan fingerprint density at radius 2 is 1.26 bits per heavy atom. The van der Waals surface area contributed by atoms with Gasteiger partial charge in [-0.1, -0.05) is 65.0 Å². The van der Waals surface area contributed by atoms with Crippen LogP contribution in [0.3, 0.4) is 0 Å². The average molecular weight is 515 g/mol. The maximum Gasteiger partial charge on any atom is 0.343 e. The first-order valence-electron chi connectivity index (χ1n) is 13.5. The largest absolute Gasteiger partial charge is 0.456 e. The minimum atomic E-state index is -0.538. The Kier molecular flexibility index (Phi) is 8.86. The summed E-state index contributed by atoms with van der Waals surface area (Å²) in [6.45, 7) is 18.9. The van der Waals surface area contributed by atoms with Crippen molar-refractivity contribution in [2.45, 2.75) is 92.1 Å². The molecule has 3 rings (SSSR count). The van der Waals surface area contributed by atoms with Crippen molar-refractivity contribution in [2.75, 3.05) is 0 Å². The molecule has 1 atom stereocenters. The summed E-state index contributed by atoms with van der Waals surface area (Å²) in [5, 5.41) is 0. The third kappa shape index (κ3) is 6.72. The number of hydrogen-bond donors (Lipinski definition) is 0. The third-order valence-corrected chi connectivity index (χ3v) is 7.84. The van der Waals surface area contributed by atoms with E-state index in [-0.39, 0.29) is 11.3 Å². The van der Waals surface area contributed by atoms with Crippen molar-refractivity contribution < 1.29 is 19.1 Å². The van der Waals surface area contributed by atoms with Gasteiger partial charge in [0.2, 0.25) is 0 Å². The van der Waals surface area contributed by atoms with E-state index < -0.39 is 17.5 Å². The zero-order valence-electron chi connectivity index (χ0n) is 24.4. The Hall–Kier alpha value is -3.40. The lowest BCUT2D eigenvalue weighted by molar-refractivity contribution is -0.00246. The number of benzene rings is 3. The van der Waals surface area contributed by atoms with Crippen LogP contribution in [0.25, 0.3) is 0 Å². The quantitative estimate of drug-likeness (QED) is 0.212. The van der Waals surface area contributed by atoms with Gasteiger partial charge in [-0.15, -0.1) is 0 Å². The van der Waals surface area contributed by atoms with Gasteiger partial charge in [-0.05, 0) is 104 Å². The summed E-state index contributed by atoms with van der Waals surface area (Å²) in [6, 6.07) is 19.1. The normalized spacial score (nSPS) is 12.7. The molecule has 0 fully saturated rings. The van der Waals surface area contributed by atoms with E-state index in [0.717, 1.165) is 12.0 Å². The summed E-state index contributed by atoms with van der Waals surface area (Å²) in [7, 11) is 0. The first-order valence-corrected chi connectivity index (χ1v) is 13.5. The molecule has 0 saturated carbocycles. The fraction of sp³-hybridized carbons (Fsp3) is 0.412. The Bertz CT molecular complexity index is 1300. The van der Waals surface area contributed by atoms with E-state index in [2.05, 4.69) is 58.9 Å². The van der Waals surface area contributed by atoms with Crippen LogP contribution in [0.5, 0.6) is 5.75 Å². The van der Waals surface area contributed by atoms with E-state index >= 15 is 0 Å². The van der Waals surface area contributed by atoms with Crippen molar-refractivity contribution in [1.29, 1.82) is 0 Å². The van der Waals surface area contributed by atoms with Gasteiger partial charge in [-0.25, -0.2) is 9.59 Å². The number of rotatable bonds is 9. The monoisotopic (exact) mass is 514 g/mol. The zero-order valence-corrected chi connectivity index (χ0v) is 24.4. The highest BCUT2D eigenvalue weighted by Gasteiger charge is 2.23. The van der Waals surface area contributed by atoms with Crippen molar-refractivity contribution in [3.8, 4) is 5.75 Å². The first-order chi connectivity index (χ1) is 17.8. The van der Waals surface area contributed by atoms with Crippen LogP contribution in [0.4, 0.5) is 0 Å². The van der Waals surface area contributed by atoms with Gasteiger partial charge in [0.1, 0.15) is 11.4 Å². The van der Waals surface area contributed by atoms with Crippen molar-refractivity contribution in [3.63, 3.8) is 0 Å². The Labute approximate surface area is 228 Å². The fourth-order valence-electron chi connectivity index (χ4n) is 4.44. The molecule has 0 bridgehead atoms. The molecular weight excluding hydrogens is 472 g/mol. The van der Waals surface area contributed by atoms with Gasteiger partial charge in [-0.3, -0.25) is 0 Å². The minimum Gasteiger partial charge on any atom is -0.456 e. The summed E-state index contributed by atoms with van der Waals surface area (Å²) < 4.78 is 11.2. The Morgan fingerprint density at radius 1 is 0.737 bits per heavy atom. The maximum atomic E-state index is 12.8. The molecule has 0 saturated heterocycles. The van der Waals surface area contributed by atoms with Crippen molar-refractivity contribution in [2.24, 2.45) is 0 Å². The fourth-order valence-corrected chi connectivity index (χ4v) is 4.44. The Morgan fingerprint density at radius 3 is 1.76 bits per heavy atom. The second-order valence-electron chi connectivity index (χ2n) is 11.5. The number of hydrogen-bond acceptors (Lipinski definition) is 4. The van der Waals surface area contributed by atoms with Crippen LogP contribution in [-0.4, -0.2) is 17.5 Å². The topological polar surface area (TPSA) is 52.6 Å². The van der Waals surface area contributed by atoms with E-state index in [9.17, 15) is 9.59 Å². The molecule has 0 heterocycles. The van der Waals surface area contributed by atoms with Crippen LogP contribution < -0.4 is 4.74 Å². The zero-order chi connectivity index (χ0) is 28.3. The number of ether oxygens (including phenoxy) is 2. The van der Waals surface area contributed by atoms with E-state index in [1.165, 1.54) is 22.3 Å². The number of aryl methyl sites for hydroxylation is 2. The maximum absolute atomic E-state index is 12.8. The van der Waals surface area contributed by atoms with E-state index in [0.29, 0.717) is 23.3 Å².